The third-order valence-corrected chi connectivity index (χ3v) is 7.86. The predicted molar refractivity (Wildman–Crippen MR) is 141 cm³/mol. The number of unbranched alkanes of at least 4 members (excludes halogenated alkanes) is 1. The van der Waals surface area contributed by atoms with Gasteiger partial charge in [-0.15, -0.1) is 0 Å². The van der Waals surface area contributed by atoms with E-state index >= 15 is 4.39 Å². The topological polar surface area (TPSA) is 133 Å². The van der Waals surface area contributed by atoms with E-state index in [1.807, 2.05) is 4.90 Å². The Morgan fingerprint density at radius 2 is 1.72 bits per heavy atom. The van der Waals surface area contributed by atoms with Gasteiger partial charge in [0.2, 0.25) is 0 Å². The standard InChI is InChI=1S/C28H31FN4O6/c1-39-25-22-19(12-21(29)23(25)32-11-8-16(13-30)14-32)24(34)20(28(37)38)15-31(22)9-4-5-10-33-26(35)17-6-2-3-7-18(17)27(33)36/h2-3,6-7,12,16,20H,4-5,8-11,13-15,30H2,1H3,(H,37,38)/t16-,20?/m0/s1. The first kappa shape index (κ1) is 26.6. The number of aliphatic carboxylic acids is 1. The number of nitrogens with two attached hydrogens (primary N) is 1. The van der Waals surface area contributed by atoms with Gasteiger partial charge in [-0.05, 0) is 49.9 Å². The molecule has 39 heavy (non-hydrogen) atoms. The highest BCUT2D eigenvalue weighted by atomic mass is 19.1. The minimum Gasteiger partial charge on any atom is -0.492 e. The second kappa shape index (κ2) is 10.6. The number of ether oxygens (including phenoxy) is 1. The van der Waals surface area contributed by atoms with Crippen molar-refractivity contribution in [3.05, 3.63) is 52.8 Å². The summed E-state index contributed by atoms with van der Waals surface area (Å²) in [5, 5.41) is 9.72. The second-order valence-corrected chi connectivity index (χ2v) is 10.2. The van der Waals surface area contributed by atoms with Crippen LogP contribution in [0.15, 0.2) is 30.3 Å². The molecule has 11 heteroatoms. The Bertz CT molecular complexity index is 1310. The Morgan fingerprint density at radius 3 is 2.31 bits per heavy atom. The number of rotatable bonds is 9. The average molecular weight is 539 g/mol. The summed E-state index contributed by atoms with van der Waals surface area (Å²) in [7, 11) is 1.41. The lowest BCUT2D eigenvalue weighted by molar-refractivity contribution is -0.139. The predicted octanol–water partition coefficient (Wildman–Crippen LogP) is 2.40. The van der Waals surface area contributed by atoms with Crippen LogP contribution in [0, 0.1) is 17.7 Å². The first-order valence-electron chi connectivity index (χ1n) is 13.1. The highest BCUT2D eigenvalue weighted by Crippen LogP contribution is 2.47. The molecule has 1 fully saturated rings. The van der Waals surface area contributed by atoms with Crippen molar-refractivity contribution >= 4 is 34.9 Å². The zero-order valence-electron chi connectivity index (χ0n) is 21.7. The zero-order valence-corrected chi connectivity index (χ0v) is 21.7. The van der Waals surface area contributed by atoms with Crippen LogP contribution in [0.1, 0.15) is 50.3 Å². The summed E-state index contributed by atoms with van der Waals surface area (Å²) >= 11 is 0. The smallest absolute Gasteiger partial charge is 0.316 e. The van der Waals surface area contributed by atoms with E-state index in [1.54, 1.807) is 29.2 Å². The Morgan fingerprint density at radius 1 is 1.05 bits per heavy atom. The number of hydrogen-bond donors (Lipinski definition) is 2. The lowest BCUT2D eigenvalue weighted by Crippen LogP contribution is -2.44. The van der Waals surface area contributed by atoms with Crippen LogP contribution in [0.25, 0.3) is 0 Å². The second-order valence-electron chi connectivity index (χ2n) is 10.2. The van der Waals surface area contributed by atoms with E-state index in [0.29, 0.717) is 55.8 Å². The van der Waals surface area contributed by atoms with Crippen LogP contribution in [0.2, 0.25) is 0 Å². The van der Waals surface area contributed by atoms with Gasteiger partial charge in [0, 0.05) is 38.3 Å². The molecule has 5 rings (SSSR count). The quantitative estimate of drug-likeness (QED) is 0.280. The van der Waals surface area contributed by atoms with Gasteiger partial charge in [0.05, 0.1) is 23.9 Å². The Hall–Kier alpha value is -3.99. The number of imide groups is 1. The number of Topliss-reactive ketones (excluding diaryl/α,β-unsaturated/α-hetero) is 1. The molecule has 0 aromatic heterocycles. The molecule has 2 atom stereocenters. The number of carboxylic acids is 1. The molecule has 0 saturated carbocycles. The summed E-state index contributed by atoms with van der Waals surface area (Å²) < 4.78 is 21.1. The summed E-state index contributed by atoms with van der Waals surface area (Å²) in [4.78, 5) is 55.2. The first-order valence-corrected chi connectivity index (χ1v) is 13.1. The van der Waals surface area contributed by atoms with Crippen molar-refractivity contribution in [2.24, 2.45) is 17.6 Å². The molecular formula is C28H31FN4O6. The molecule has 0 radical (unpaired) electrons. The maximum absolute atomic E-state index is 15.5. The fraction of sp³-hybridized carbons (Fsp3) is 0.429. The molecule has 1 saturated heterocycles. The number of carbonyl (C=O) groups is 4. The molecule has 0 bridgehead atoms. The van der Waals surface area contributed by atoms with Crippen LogP contribution >= 0.6 is 0 Å². The van der Waals surface area contributed by atoms with Crippen molar-refractivity contribution in [2.45, 2.75) is 19.3 Å². The Kier molecular flexibility index (Phi) is 7.26. The number of fused-ring (bicyclic) bond motifs is 2. The number of halogens is 1. The first-order chi connectivity index (χ1) is 18.8. The third-order valence-electron chi connectivity index (χ3n) is 7.86. The fourth-order valence-corrected chi connectivity index (χ4v) is 5.81. The molecule has 0 aliphatic carbocycles. The van der Waals surface area contributed by atoms with Gasteiger partial charge >= 0.3 is 5.97 Å². The van der Waals surface area contributed by atoms with Crippen LogP contribution < -0.4 is 20.3 Å². The molecule has 0 spiro atoms. The molecule has 2 aromatic rings. The summed E-state index contributed by atoms with van der Waals surface area (Å²) in [6, 6.07) is 7.80. The van der Waals surface area contributed by atoms with E-state index in [2.05, 4.69) is 0 Å². The number of carboxylic acid groups (broad SMARTS) is 1. The Labute approximate surface area is 225 Å². The van der Waals surface area contributed by atoms with Crippen molar-refractivity contribution in [2.75, 3.05) is 56.2 Å². The molecular weight excluding hydrogens is 507 g/mol. The summed E-state index contributed by atoms with van der Waals surface area (Å²) in [5.74, 6) is -4.20. The highest BCUT2D eigenvalue weighted by molar-refractivity contribution is 6.21. The van der Waals surface area contributed by atoms with Crippen LogP contribution in [-0.2, 0) is 4.79 Å². The van der Waals surface area contributed by atoms with Gasteiger partial charge in [-0.3, -0.25) is 24.1 Å². The number of hydrogen-bond acceptors (Lipinski definition) is 8. The number of amides is 2. The normalized spacial score (nSPS) is 20.5. The number of anilines is 2. The van der Waals surface area contributed by atoms with Crippen molar-refractivity contribution in [3.8, 4) is 5.75 Å². The van der Waals surface area contributed by atoms with E-state index in [-0.39, 0.29) is 47.8 Å². The largest absolute Gasteiger partial charge is 0.492 e. The van der Waals surface area contributed by atoms with Crippen LogP contribution in [0.5, 0.6) is 5.75 Å². The molecule has 1 unspecified atom stereocenters. The van der Waals surface area contributed by atoms with Gasteiger partial charge in [0.1, 0.15) is 11.6 Å². The molecule has 3 heterocycles. The summed E-state index contributed by atoms with van der Waals surface area (Å²) in [6.45, 7) is 2.04. The molecule has 3 aliphatic heterocycles. The number of nitrogens with zero attached hydrogens (tertiary/aromatic N) is 3. The molecule has 2 amide bonds. The van der Waals surface area contributed by atoms with Crippen LogP contribution in [0.3, 0.4) is 0 Å². The minimum absolute atomic E-state index is 0.0262. The molecule has 3 N–H and O–H groups in total. The van der Waals surface area contributed by atoms with E-state index < -0.39 is 23.5 Å². The van der Waals surface area contributed by atoms with Gasteiger partial charge in [-0.25, -0.2) is 4.39 Å². The lowest BCUT2D eigenvalue weighted by atomic mass is 9.89. The van der Waals surface area contributed by atoms with Crippen molar-refractivity contribution in [1.82, 2.24) is 4.90 Å². The number of carbonyl (C=O) groups excluding carboxylic acids is 3. The average Bonchev–Trinajstić information content (AvgIpc) is 3.50. The lowest BCUT2D eigenvalue weighted by Gasteiger charge is -2.36. The SMILES string of the molecule is COc1c(N2CC[C@@H](CN)C2)c(F)cc2c1N(CCCCN1C(=O)c3ccccc3C1=O)CC(C(=O)O)C2=O. The van der Waals surface area contributed by atoms with Gasteiger partial charge in [0.15, 0.2) is 17.3 Å². The molecule has 10 nitrogen and oxygen atoms in total. The van der Waals surface area contributed by atoms with Crippen molar-refractivity contribution in [3.63, 3.8) is 0 Å². The maximum Gasteiger partial charge on any atom is 0.316 e. The Balaban J connectivity index is 1.38. The minimum atomic E-state index is -1.35. The number of ketones is 1. The summed E-state index contributed by atoms with van der Waals surface area (Å²) in [5.41, 5.74) is 7.18. The fourth-order valence-electron chi connectivity index (χ4n) is 5.81. The van der Waals surface area contributed by atoms with Gasteiger partial charge in [0.25, 0.3) is 11.8 Å². The molecule has 206 valence electrons. The number of methoxy groups -OCH3 is 1. The maximum atomic E-state index is 15.5. The zero-order chi connectivity index (χ0) is 27.8. The number of benzene rings is 2. The van der Waals surface area contributed by atoms with Gasteiger partial charge in [-0.2, -0.15) is 0 Å². The van der Waals surface area contributed by atoms with Gasteiger partial charge < -0.3 is 25.4 Å². The van der Waals surface area contributed by atoms with Crippen LogP contribution in [0.4, 0.5) is 15.8 Å². The van der Waals surface area contributed by atoms with Crippen molar-refractivity contribution in [1.29, 1.82) is 0 Å². The molecule has 3 aliphatic rings. The third kappa shape index (κ3) is 4.60. The molecule has 2 aromatic carbocycles. The van der Waals surface area contributed by atoms with E-state index in [0.717, 1.165) is 12.5 Å². The van der Waals surface area contributed by atoms with E-state index in [4.69, 9.17) is 10.5 Å². The van der Waals surface area contributed by atoms with Crippen LogP contribution in [-0.4, -0.2) is 80.0 Å². The highest BCUT2D eigenvalue weighted by Gasteiger charge is 2.41. The van der Waals surface area contributed by atoms with E-state index in [9.17, 15) is 24.3 Å². The van der Waals surface area contributed by atoms with Crippen molar-refractivity contribution < 1.29 is 33.4 Å². The van der Waals surface area contributed by atoms with E-state index in [1.165, 1.54) is 12.0 Å². The summed E-state index contributed by atoms with van der Waals surface area (Å²) in [6.07, 6.45) is 1.75. The monoisotopic (exact) mass is 538 g/mol. The van der Waals surface area contributed by atoms with Gasteiger partial charge in [-0.1, -0.05) is 12.1 Å².